The molecule has 0 bridgehead atoms. The normalized spacial score (nSPS) is 23.7. The van der Waals surface area contributed by atoms with E-state index in [-0.39, 0.29) is 12.0 Å². The van der Waals surface area contributed by atoms with E-state index in [2.05, 4.69) is 6.92 Å². The predicted molar refractivity (Wildman–Crippen MR) is 54.9 cm³/mol. The lowest BCUT2D eigenvalue weighted by Gasteiger charge is -2.36. The minimum Gasteiger partial charge on any atom is -0.375 e. The van der Waals surface area contributed by atoms with Crippen LogP contribution in [0.5, 0.6) is 0 Å². The maximum absolute atomic E-state index is 11.8. The molecule has 4 nitrogen and oxygen atoms in total. The molecule has 0 aromatic carbocycles. The van der Waals surface area contributed by atoms with E-state index in [1.165, 1.54) is 0 Å². The highest BCUT2D eigenvalue weighted by atomic mass is 16.5. The number of carbonyl (C=O) groups is 1. The molecule has 1 amide bonds. The molecule has 1 aliphatic rings. The average molecular weight is 200 g/mol. The predicted octanol–water partition coefficient (Wildman–Crippen LogP) is 0.361. The molecule has 82 valence electrons. The molecule has 2 N–H and O–H groups in total. The summed E-state index contributed by atoms with van der Waals surface area (Å²) in [6.07, 6.45) is 1.12. The third kappa shape index (κ3) is 2.69. The van der Waals surface area contributed by atoms with Gasteiger partial charge < -0.3 is 15.4 Å². The first-order valence-electron chi connectivity index (χ1n) is 5.15. The van der Waals surface area contributed by atoms with Crippen molar-refractivity contribution in [2.24, 2.45) is 5.73 Å². The summed E-state index contributed by atoms with van der Waals surface area (Å²) in [6, 6.07) is 0. The SMILES string of the molecule is CCC1CN(C(=O)C(C)(C)N)CCO1. The van der Waals surface area contributed by atoms with Gasteiger partial charge in [-0.15, -0.1) is 0 Å². The molecule has 4 heteroatoms. The van der Waals surface area contributed by atoms with Gasteiger partial charge in [0.2, 0.25) is 5.91 Å². The van der Waals surface area contributed by atoms with Crippen molar-refractivity contribution in [3.63, 3.8) is 0 Å². The fourth-order valence-electron chi connectivity index (χ4n) is 1.56. The largest absolute Gasteiger partial charge is 0.375 e. The highest BCUT2D eigenvalue weighted by Crippen LogP contribution is 2.12. The van der Waals surface area contributed by atoms with Crippen molar-refractivity contribution in [3.05, 3.63) is 0 Å². The molecule has 0 spiro atoms. The van der Waals surface area contributed by atoms with Crippen LogP contribution < -0.4 is 5.73 Å². The second-order valence-electron chi connectivity index (χ2n) is 4.37. The summed E-state index contributed by atoms with van der Waals surface area (Å²) >= 11 is 0. The zero-order valence-electron chi connectivity index (χ0n) is 9.25. The van der Waals surface area contributed by atoms with Crippen molar-refractivity contribution >= 4 is 5.91 Å². The lowest BCUT2D eigenvalue weighted by atomic mass is 10.0. The smallest absolute Gasteiger partial charge is 0.242 e. The molecule has 1 rings (SSSR count). The van der Waals surface area contributed by atoms with Gasteiger partial charge in [0.25, 0.3) is 0 Å². The summed E-state index contributed by atoms with van der Waals surface area (Å²) in [5.74, 6) is 0.0132. The van der Waals surface area contributed by atoms with Gasteiger partial charge in [0.15, 0.2) is 0 Å². The summed E-state index contributed by atoms with van der Waals surface area (Å²) in [6.45, 7) is 7.51. The Morgan fingerprint density at radius 1 is 1.64 bits per heavy atom. The number of hydrogen-bond acceptors (Lipinski definition) is 3. The van der Waals surface area contributed by atoms with Crippen LogP contribution in [0.2, 0.25) is 0 Å². The molecule has 0 aromatic heterocycles. The molecule has 1 unspecified atom stereocenters. The summed E-state index contributed by atoms with van der Waals surface area (Å²) in [7, 11) is 0. The summed E-state index contributed by atoms with van der Waals surface area (Å²) < 4.78 is 5.49. The fraction of sp³-hybridized carbons (Fsp3) is 0.900. The summed E-state index contributed by atoms with van der Waals surface area (Å²) in [5.41, 5.74) is 5.00. The van der Waals surface area contributed by atoms with Crippen LogP contribution in [0.3, 0.4) is 0 Å². The van der Waals surface area contributed by atoms with E-state index in [4.69, 9.17) is 10.5 Å². The second-order valence-corrected chi connectivity index (χ2v) is 4.37. The molecule has 0 saturated carbocycles. The van der Waals surface area contributed by atoms with E-state index in [9.17, 15) is 4.79 Å². The molecule has 1 aliphatic heterocycles. The lowest BCUT2D eigenvalue weighted by Crippen LogP contribution is -2.55. The lowest BCUT2D eigenvalue weighted by molar-refractivity contribution is -0.143. The van der Waals surface area contributed by atoms with Gasteiger partial charge in [-0.3, -0.25) is 4.79 Å². The van der Waals surface area contributed by atoms with Crippen LogP contribution in [-0.4, -0.2) is 42.1 Å². The third-order valence-corrected chi connectivity index (χ3v) is 2.43. The molecule has 1 atom stereocenters. The van der Waals surface area contributed by atoms with Crippen molar-refractivity contribution in [2.45, 2.75) is 38.8 Å². The van der Waals surface area contributed by atoms with Crippen LogP contribution in [0.4, 0.5) is 0 Å². The van der Waals surface area contributed by atoms with Gasteiger partial charge in [-0.1, -0.05) is 6.92 Å². The van der Waals surface area contributed by atoms with E-state index in [0.717, 1.165) is 6.42 Å². The molecular formula is C10H20N2O2. The van der Waals surface area contributed by atoms with Crippen LogP contribution in [0.15, 0.2) is 0 Å². The van der Waals surface area contributed by atoms with Gasteiger partial charge in [0, 0.05) is 13.1 Å². The Bertz CT molecular complexity index is 211. The monoisotopic (exact) mass is 200 g/mol. The van der Waals surface area contributed by atoms with Crippen molar-refractivity contribution in [2.75, 3.05) is 19.7 Å². The van der Waals surface area contributed by atoms with Gasteiger partial charge in [-0.2, -0.15) is 0 Å². The standard InChI is InChI=1S/C10H20N2O2/c1-4-8-7-12(5-6-14-8)9(13)10(2,3)11/h8H,4-7,11H2,1-3H3. The van der Waals surface area contributed by atoms with E-state index in [1.54, 1.807) is 18.7 Å². The Kier molecular flexibility index (Phi) is 3.50. The third-order valence-electron chi connectivity index (χ3n) is 2.43. The molecule has 0 aromatic rings. The molecule has 0 aliphatic carbocycles. The van der Waals surface area contributed by atoms with Crippen molar-refractivity contribution < 1.29 is 9.53 Å². The first-order chi connectivity index (χ1) is 6.45. The highest BCUT2D eigenvalue weighted by molar-refractivity contribution is 5.85. The van der Waals surface area contributed by atoms with E-state index >= 15 is 0 Å². The molecule has 14 heavy (non-hydrogen) atoms. The van der Waals surface area contributed by atoms with Crippen LogP contribution in [0.1, 0.15) is 27.2 Å². The van der Waals surface area contributed by atoms with Gasteiger partial charge in [0.05, 0.1) is 18.2 Å². The zero-order chi connectivity index (χ0) is 10.8. The topological polar surface area (TPSA) is 55.6 Å². The molecule has 1 heterocycles. The molecule has 1 fully saturated rings. The van der Waals surface area contributed by atoms with E-state index in [0.29, 0.717) is 19.7 Å². The Hall–Kier alpha value is -0.610. The van der Waals surface area contributed by atoms with Crippen LogP contribution in [-0.2, 0) is 9.53 Å². The van der Waals surface area contributed by atoms with E-state index in [1.807, 2.05) is 0 Å². The van der Waals surface area contributed by atoms with Gasteiger partial charge in [-0.05, 0) is 20.3 Å². The average Bonchev–Trinajstić information content (AvgIpc) is 2.15. The maximum atomic E-state index is 11.8. The zero-order valence-corrected chi connectivity index (χ0v) is 9.25. The fourth-order valence-corrected chi connectivity index (χ4v) is 1.56. The first-order valence-corrected chi connectivity index (χ1v) is 5.15. The first kappa shape index (κ1) is 11.5. The second kappa shape index (κ2) is 4.28. The highest BCUT2D eigenvalue weighted by Gasteiger charge is 2.31. The molecular weight excluding hydrogens is 180 g/mol. The number of nitrogens with two attached hydrogens (primary N) is 1. The van der Waals surface area contributed by atoms with Crippen molar-refractivity contribution in [3.8, 4) is 0 Å². The van der Waals surface area contributed by atoms with Crippen LogP contribution in [0.25, 0.3) is 0 Å². The maximum Gasteiger partial charge on any atom is 0.242 e. The number of rotatable bonds is 2. The van der Waals surface area contributed by atoms with Crippen LogP contribution >= 0.6 is 0 Å². The van der Waals surface area contributed by atoms with Crippen molar-refractivity contribution in [1.29, 1.82) is 0 Å². The number of nitrogens with zero attached hydrogens (tertiary/aromatic N) is 1. The minimum atomic E-state index is -0.768. The number of ether oxygens (including phenoxy) is 1. The van der Waals surface area contributed by atoms with Crippen molar-refractivity contribution in [1.82, 2.24) is 4.90 Å². The Morgan fingerprint density at radius 2 is 2.29 bits per heavy atom. The summed E-state index contributed by atoms with van der Waals surface area (Å²) in [5, 5.41) is 0. The number of morpholine rings is 1. The number of amides is 1. The quantitative estimate of drug-likeness (QED) is 0.700. The number of hydrogen-bond donors (Lipinski definition) is 1. The van der Waals surface area contributed by atoms with Gasteiger partial charge >= 0.3 is 0 Å². The Balaban J connectivity index is 2.56. The number of carbonyl (C=O) groups excluding carboxylic acids is 1. The van der Waals surface area contributed by atoms with E-state index < -0.39 is 5.54 Å². The van der Waals surface area contributed by atoms with Crippen LogP contribution in [0, 0.1) is 0 Å². The van der Waals surface area contributed by atoms with Gasteiger partial charge in [0.1, 0.15) is 0 Å². The minimum absolute atomic E-state index is 0.0132. The van der Waals surface area contributed by atoms with Gasteiger partial charge in [-0.25, -0.2) is 0 Å². The Morgan fingerprint density at radius 3 is 2.79 bits per heavy atom. The molecule has 0 radical (unpaired) electrons. The molecule has 1 saturated heterocycles. The Labute approximate surface area is 85.4 Å². The summed E-state index contributed by atoms with van der Waals surface area (Å²) in [4.78, 5) is 13.6.